The lowest BCUT2D eigenvalue weighted by atomic mass is 10.2. The summed E-state index contributed by atoms with van der Waals surface area (Å²) in [6, 6.07) is 2.89. The van der Waals surface area contributed by atoms with Crippen LogP contribution < -0.4 is 5.73 Å². The highest BCUT2D eigenvalue weighted by molar-refractivity contribution is 5.90. The molecule has 1 amide bonds. The first kappa shape index (κ1) is 9.91. The third-order valence-electron chi connectivity index (χ3n) is 1.45. The fraction of sp³-hybridized carbons (Fsp3) is 0. The van der Waals surface area contributed by atoms with Crippen molar-refractivity contribution in [1.29, 1.82) is 0 Å². The number of carboxylic acids is 1. The van der Waals surface area contributed by atoms with Crippen molar-refractivity contribution in [2.24, 2.45) is 5.73 Å². The molecule has 0 atom stereocenters. The van der Waals surface area contributed by atoms with E-state index in [1.807, 2.05) is 0 Å². The first-order valence-corrected chi connectivity index (χ1v) is 3.76. The van der Waals surface area contributed by atoms with E-state index in [1.165, 1.54) is 30.5 Å². The normalized spacial score (nSPS) is 10.3. The maximum absolute atomic E-state index is 10.4. The molecule has 0 aliphatic carbocycles. The molecule has 1 rings (SSSR count). The van der Waals surface area contributed by atoms with Crippen LogP contribution in [-0.2, 0) is 4.79 Å². The number of nitrogens with two attached hydrogens (primary N) is 1. The molecule has 0 radical (unpaired) electrons. The van der Waals surface area contributed by atoms with Crippen LogP contribution in [-0.4, -0.2) is 22.0 Å². The largest absolute Gasteiger partial charge is 0.477 e. The fourth-order valence-electron chi connectivity index (χ4n) is 0.809. The Bertz CT molecular complexity index is 382. The van der Waals surface area contributed by atoms with Gasteiger partial charge in [-0.15, -0.1) is 0 Å². The van der Waals surface area contributed by atoms with Gasteiger partial charge in [0.2, 0.25) is 5.91 Å². The van der Waals surface area contributed by atoms with Crippen LogP contribution in [0.1, 0.15) is 16.1 Å². The molecule has 1 heterocycles. The van der Waals surface area contributed by atoms with Crippen molar-refractivity contribution >= 4 is 18.0 Å². The third-order valence-corrected chi connectivity index (χ3v) is 1.45. The molecule has 0 saturated heterocycles. The van der Waals surface area contributed by atoms with E-state index in [9.17, 15) is 9.59 Å². The van der Waals surface area contributed by atoms with Gasteiger partial charge < -0.3 is 10.8 Å². The number of amides is 1. The Morgan fingerprint density at radius 2 is 2.14 bits per heavy atom. The second-order valence-electron chi connectivity index (χ2n) is 2.52. The zero-order chi connectivity index (χ0) is 10.6. The van der Waals surface area contributed by atoms with Crippen LogP contribution in [0, 0.1) is 0 Å². The molecule has 0 aliphatic rings. The van der Waals surface area contributed by atoms with Gasteiger partial charge in [0.05, 0.1) is 0 Å². The van der Waals surface area contributed by atoms with Crippen LogP contribution in [0.4, 0.5) is 0 Å². The lowest BCUT2D eigenvalue weighted by molar-refractivity contribution is -0.113. The van der Waals surface area contributed by atoms with Crippen molar-refractivity contribution in [2.75, 3.05) is 0 Å². The summed E-state index contributed by atoms with van der Waals surface area (Å²) < 4.78 is 0. The zero-order valence-corrected chi connectivity index (χ0v) is 7.18. The van der Waals surface area contributed by atoms with E-state index >= 15 is 0 Å². The summed E-state index contributed by atoms with van der Waals surface area (Å²) in [4.78, 5) is 24.4. The summed E-state index contributed by atoms with van der Waals surface area (Å²) >= 11 is 0. The highest BCUT2D eigenvalue weighted by atomic mass is 16.4. The van der Waals surface area contributed by atoms with Gasteiger partial charge in [-0.1, -0.05) is 6.07 Å². The van der Waals surface area contributed by atoms with Crippen molar-refractivity contribution in [3.05, 3.63) is 35.7 Å². The molecule has 0 aromatic carbocycles. The Labute approximate surface area is 79.9 Å². The summed E-state index contributed by atoms with van der Waals surface area (Å²) in [5, 5.41) is 8.54. The van der Waals surface area contributed by atoms with Gasteiger partial charge >= 0.3 is 5.97 Å². The molecular weight excluding hydrogens is 184 g/mol. The minimum absolute atomic E-state index is 0.0405. The number of primary amides is 1. The number of carbonyl (C=O) groups is 2. The van der Waals surface area contributed by atoms with Crippen LogP contribution in [0.2, 0.25) is 0 Å². The number of pyridine rings is 1. The maximum atomic E-state index is 10.4. The number of hydrogen-bond donors (Lipinski definition) is 2. The molecule has 5 heteroatoms. The smallest absolute Gasteiger partial charge is 0.354 e. The third kappa shape index (κ3) is 2.71. The van der Waals surface area contributed by atoms with Gasteiger partial charge in [-0.05, 0) is 17.7 Å². The SMILES string of the molecule is NC(=O)/C=C/c1ccc(C(=O)O)nc1. The number of rotatable bonds is 3. The number of carbonyl (C=O) groups excluding carboxylic acids is 1. The molecule has 14 heavy (non-hydrogen) atoms. The second kappa shape index (κ2) is 4.18. The topological polar surface area (TPSA) is 93.3 Å². The lowest BCUT2D eigenvalue weighted by Crippen LogP contribution is -2.05. The molecular formula is C9H8N2O3. The van der Waals surface area contributed by atoms with Crippen molar-refractivity contribution in [3.8, 4) is 0 Å². The van der Waals surface area contributed by atoms with Gasteiger partial charge in [-0.25, -0.2) is 9.78 Å². The van der Waals surface area contributed by atoms with Gasteiger partial charge in [-0.3, -0.25) is 4.79 Å². The standard InChI is InChI=1S/C9H8N2O3/c10-8(12)4-2-6-1-3-7(9(13)14)11-5-6/h1-5H,(H2,10,12)(H,13,14)/b4-2+. The summed E-state index contributed by atoms with van der Waals surface area (Å²) in [7, 11) is 0. The molecule has 0 bridgehead atoms. The zero-order valence-electron chi connectivity index (χ0n) is 7.18. The van der Waals surface area contributed by atoms with Crippen molar-refractivity contribution in [3.63, 3.8) is 0 Å². The van der Waals surface area contributed by atoms with E-state index in [-0.39, 0.29) is 5.69 Å². The number of aromatic nitrogens is 1. The fourth-order valence-corrected chi connectivity index (χ4v) is 0.809. The highest BCUT2D eigenvalue weighted by Crippen LogP contribution is 2.02. The van der Waals surface area contributed by atoms with E-state index in [1.54, 1.807) is 0 Å². The molecule has 0 unspecified atom stereocenters. The Hall–Kier alpha value is -2.17. The molecule has 5 nitrogen and oxygen atoms in total. The molecule has 1 aromatic rings. The minimum atomic E-state index is -1.09. The van der Waals surface area contributed by atoms with Gasteiger partial charge in [0.25, 0.3) is 0 Å². The molecule has 1 aromatic heterocycles. The average molecular weight is 192 g/mol. The van der Waals surface area contributed by atoms with E-state index < -0.39 is 11.9 Å². The summed E-state index contributed by atoms with van der Waals surface area (Å²) in [5.41, 5.74) is 5.46. The molecule has 0 saturated carbocycles. The predicted molar refractivity (Wildman–Crippen MR) is 49.4 cm³/mol. The van der Waals surface area contributed by atoms with Crippen molar-refractivity contribution < 1.29 is 14.7 Å². The predicted octanol–water partition coefficient (Wildman–Crippen LogP) is 0.278. The number of nitrogens with zero attached hydrogens (tertiary/aromatic N) is 1. The van der Waals surface area contributed by atoms with Crippen molar-refractivity contribution in [1.82, 2.24) is 4.98 Å². The Kier molecular flexibility index (Phi) is 2.96. The van der Waals surface area contributed by atoms with E-state index in [2.05, 4.69) is 4.98 Å². The molecule has 0 spiro atoms. The van der Waals surface area contributed by atoms with E-state index in [4.69, 9.17) is 10.8 Å². The molecule has 0 aliphatic heterocycles. The number of hydrogen-bond acceptors (Lipinski definition) is 3. The average Bonchev–Trinajstić information content (AvgIpc) is 2.15. The minimum Gasteiger partial charge on any atom is -0.477 e. The summed E-state index contributed by atoms with van der Waals surface area (Å²) in [5.74, 6) is -1.65. The quantitative estimate of drug-likeness (QED) is 0.672. The van der Waals surface area contributed by atoms with E-state index in [0.29, 0.717) is 5.56 Å². The van der Waals surface area contributed by atoms with Crippen LogP contribution in [0.5, 0.6) is 0 Å². The Morgan fingerprint density at radius 3 is 2.57 bits per heavy atom. The first-order valence-electron chi connectivity index (χ1n) is 3.76. The van der Waals surface area contributed by atoms with Gasteiger partial charge in [0.15, 0.2) is 0 Å². The van der Waals surface area contributed by atoms with Crippen LogP contribution in [0.3, 0.4) is 0 Å². The molecule has 0 fully saturated rings. The first-order chi connectivity index (χ1) is 6.59. The number of carboxylic acid groups (broad SMARTS) is 1. The Balaban J connectivity index is 2.83. The maximum Gasteiger partial charge on any atom is 0.354 e. The highest BCUT2D eigenvalue weighted by Gasteiger charge is 2.01. The summed E-state index contributed by atoms with van der Waals surface area (Å²) in [6.45, 7) is 0. The Morgan fingerprint density at radius 1 is 1.43 bits per heavy atom. The molecule has 3 N–H and O–H groups in total. The van der Waals surface area contributed by atoms with E-state index in [0.717, 1.165) is 0 Å². The van der Waals surface area contributed by atoms with Crippen LogP contribution in [0.25, 0.3) is 6.08 Å². The van der Waals surface area contributed by atoms with Crippen LogP contribution in [0.15, 0.2) is 24.4 Å². The lowest BCUT2D eigenvalue weighted by Gasteiger charge is -1.94. The van der Waals surface area contributed by atoms with Crippen molar-refractivity contribution in [2.45, 2.75) is 0 Å². The molecule has 72 valence electrons. The van der Waals surface area contributed by atoms with Gasteiger partial charge in [0, 0.05) is 12.3 Å². The summed E-state index contributed by atoms with van der Waals surface area (Å²) in [6.07, 6.45) is 3.99. The van der Waals surface area contributed by atoms with Crippen LogP contribution >= 0.6 is 0 Å². The second-order valence-corrected chi connectivity index (χ2v) is 2.52. The van der Waals surface area contributed by atoms with Gasteiger partial charge in [0.1, 0.15) is 5.69 Å². The monoisotopic (exact) mass is 192 g/mol. The van der Waals surface area contributed by atoms with Gasteiger partial charge in [-0.2, -0.15) is 0 Å². The number of aromatic carboxylic acids is 1.